The summed E-state index contributed by atoms with van der Waals surface area (Å²) >= 11 is 0. The molecule has 3 rings (SSSR count). The lowest BCUT2D eigenvalue weighted by Gasteiger charge is -2.29. The third kappa shape index (κ3) is 2.52. The van der Waals surface area contributed by atoms with Crippen LogP contribution in [0.2, 0.25) is 0 Å². The van der Waals surface area contributed by atoms with Crippen LogP contribution in [0.4, 0.5) is 13.2 Å². The molecule has 24 heavy (non-hydrogen) atoms. The topological polar surface area (TPSA) is 74.7 Å². The second-order valence-electron chi connectivity index (χ2n) is 5.85. The number of aromatic nitrogens is 4. The SMILES string of the molecule is CC(C)C(O)(c1c[nH]nn1)c1ccc2c(C(F)(F)F)cccc2n1. The van der Waals surface area contributed by atoms with Gasteiger partial charge in [0.25, 0.3) is 0 Å². The largest absolute Gasteiger partial charge is 0.417 e. The molecule has 0 aliphatic heterocycles. The molecule has 8 heteroatoms. The van der Waals surface area contributed by atoms with Crippen LogP contribution in [0.25, 0.3) is 10.9 Å². The maximum absolute atomic E-state index is 13.1. The van der Waals surface area contributed by atoms with Crippen molar-refractivity contribution in [3.8, 4) is 0 Å². The van der Waals surface area contributed by atoms with Gasteiger partial charge in [0.05, 0.1) is 16.8 Å². The van der Waals surface area contributed by atoms with Gasteiger partial charge in [-0.25, -0.2) is 4.98 Å². The van der Waals surface area contributed by atoms with Crippen LogP contribution in [-0.2, 0) is 11.8 Å². The Morgan fingerprint density at radius 2 is 1.83 bits per heavy atom. The van der Waals surface area contributed by atoms with Gasteiger partial charge in [0.15, 0.2) is 5.60 Å². The van der Waals surface area contributed by atoms with Crippen LogP contribution >= 0.6 is 0 Å². The number of hydrogen-bond donors (Lipinski definition) is 2. The van der Waals surface area contributed by atoms with Crippen LogP contribution in [0.1, 0.15) is 30.8 Å². The van der Waals surface area contributed by atoms with E-state index in [9.17, 15) is 18.3 Å². The molecule has 0 spiro atoms. The molecule has 1 atom stereocenters. The first-order valence-corrected chi connectivity index (χ1v) is 7.31. The molecule has 2 N–H and O–H groups in total. The van der Waals surface area contributed by atoms with E-state index in [1.807, 2.05) is 0 Å². The second-order valence-corrected chi connectivity index (χ2v) is 5.85. The van der Waals surface area contributed by atoms with Gasteiger partial charge in [0.2, 0.25) is 0 Å². The van der Waals surface area contributed by atoms with E-state index in [1.165, 1.54) is 30.5 Å². The summed E-state index contributed by atoms with van der Waals surface area (Å²) in [5, 5.41) is 21.1. The smallest absolute Gasteiger partial charge is 0.377 e. The van der Waals surface area contributed by atoms with Crippen molar-refractivity contribution in [2.45, 2.75) is 25.6 Å². The van der Waals surface area contributed by atoms with Crippen molar-refractivity contribution in [2.24, 2.45) is 5.92 Å². The van der Waals surface area contributed by atoms with Crippen LogP contribution < -0.4 is 0 Å². The fourth-order valence-electron chi connectivity index (χ4n) is 2.73. The summed E-state index contributed by atoms with van der Waals surface area (Å²) in [5.41, 5.74) is -1.68. The molecule has 0 saturated carbocycles. The number of aliphatic hydroxyl groups is 1. The molecule has 3 aromatic rings. The number of nitrogens with zero attached hydrogens (tertiary/aromatic N) is 3. The molecule has 0 fully saturated rings. The standard InChI is InChI=1S/C16H15F3N4O/c1-9(2)15(24,14-8-20-23-22-14)13-7-6-10-11(16(17,18)19)4-3-5-12(10)21-13/h3-9,24H,1-2H3,(H,20,22,23). The van der Waals surface area contributed by atoms with Crippen molar-refractivity contribution in [1.29, 1.82) is 0 Å². The van der Waals surface area contributed by atoms with Gasteiger partial charge < -0.3 is 5.11 Å². The summed E-state index contributed by atoms with van der Waals surface area (Å²) in [6.45, 7) is 3.54. The zero-order valence-corrected chi connectivity index (χ0v) is 13.0. The Morgan fingerprint density at radius 3 is 2.42 bits per heavy atom. The van der Waals surface area contributed by atoms with Crippen LogP contribution in [0.15, 0.2) is 36.5 Å². The summed E-state index contributed by atoms with van der Waals surface area (Å²) in [5.74, 6) is -0.321. The Balaban J connectivity index is 2.21. The fraction of sp³-hybridized carbons (Fsp3) is 0.312. The van der Waals surface area contributed by atoms with Gasteiger partial charge in [-0.1, -0.05) is 31.2 Å². The predicted molar refractivity (Wildman–Crippen MR) is 81.0 cm³/mol. The number of aromatic amines is 1. The van der Waals surface area contributed by atoms with E-state index in [1.54, 1.807) is 13.8 Å². The number of hydrogen-bond acceptors (Lipinski definition) is 4. The van der Waals surface area contributed by atoms with E-state index < -0.39 is 17.3 Å². The highest BCUT2D eigenvalue weighted by Crippen LogP contribution is 2.37. The average Bonchev–Trinajstić information content (AvgIpc) is 3.06. The first kappa shape index (κ1) is 16.4. The monoisotopic (exact) mass is 336 g/mol. The minimum atomic E-state index is -4.47. The summed E-state index contributed by atoms with van der Waals surface area (Å²) in [6.07, 6.45) is -3.03. The third-order valence-electron chi connectivity index (χ3n) is 4.07. The van der Waals surface area contributed by atoms with Crippen molar-refractivity contribution in [1.82, 2.24) is 20.4 Å². The number of alkyl halides is 3. The lowest BCUT2D eigenvalue weighted by atomic mass is 9.83. The number of halogens is 3. The molecule has 0 aliphatic rings. The molecule has 126 valence electrons. The molecule has 1 aromatic carbocycles. The Kier molecular flexibility index (Phi) is 3.79. The molecule has 5 nitrogen and oxygen atoms in total. The maximum Gasteiger partial charge on any atom is 0.417 e. The van der Waals surface area contributed by atoms with Crippen molar-refractivity contribution in [3.05, 3.63) is 53.5 Å². The molecule has 0 aliphatic carbocycles. The molecule has 0 bridgehead atoms. The molecular weight excluding hydrogens is 321 g/mol. The molecule has 0 saturated heterocycles. The van der Waals surface area contributed by atoms with Gasteiger partial charge in [-0.3, -0.25) is 5.10 Å². The maximum atomic E-state index is 13.1. The van der Waals surface area contributed by atoms with Gasteiger partial charge >= 0.3 is 6.18 Å². The molecule has 2 aromatic heterocycles. The Hall–Kier alpha value is -2.48. The zero-order chi connectivity index (χ0) is 17.5. The summed E-state index contributed by atoms with van der Waals surface area (Å²) < 4.78 is 39.3. The normalized spacial score (nSPS) is 15.0. The summed E-state index contributed by atoms with van der Waals surface area (Å²) in [6, 6.07) is 6.51. The number of rotatable bonds is 3. The number of benzene rings is 1. The van der Waals surface area contributed by atoms with Crippen molar-refractivity contribution >= 4 is 10.9 Å². The Bertz CT molecular complexity index is 861. The first-order valence-electron chi connectivity index (χ1n) is 7.31. The molecule has 0 radical (unpaired) electrons. The van der Waals surface area contributed by atoms with E-state index in [0.29, 0.717) is 0 Å². The van der Waals surface area contributed by atoms with E-state index in [0.717, 1.165) is 6.07 Å². The average molecular weight is 336 g/mol. The molecule has 2 heterocycles. The number of nitrogens with one attached hydrogen (secondary N) is 1. The quantitative estimate of drug-likeness (QED) is 0.770. The number of pyridine rings is 1. The van der Waals surface area contributed by atoms with Crippen molar-refractivity contribution in [2.75, 3.05) is 0 Å². The minimum Gasteiger partial charge on any atom is -0.377 e. The van der Waals surface area contributed by atoms with Gasteiger partial charge in [0.1, 0.15) is 5.69 Å². The Morgan fingerprint density at radius 1 is 1.08 bits per heavy atom. The predicted octanol–water partition coefficient (Wildman–Crippen LogP) is 3.26. The van der Waals surface area contributed by atoms with Gasteiger partial charge in [-0.05, 0) is 24.1 Å². The van der Waals surface area contributed by atoms with E-state index in [-0.39, 0.29) is 28.2 Å². The zero-order valence-electron chi connectivity index (χ0n) is 13.0. The fourth-order valence-corrected chi connectivity index (χ4v) is 2.73. The first-order chi connectivity index (χ1) is 11.2. The third-order valence-corrected chi connectivity index (χ3v) is 4.07. The lowest BCUT2D eigenvalue weighted by Crippen LogP contribution is -2.35. The molecule has 0 amide bonds. The van der Waals surface area contributed by atoms with Gasteiger partial charge in [-0.2, -0.15) is 13.2 Å². The number of H-pyrrole nitrogens is 1. The second kappa shape index (κ2) is 5.55. The highest BCUT2D eigenvalue weighted by atomic mass is 19.4. The van der Waals surface area contributed by atoms with Gasteiger partial charge in [-0.15, -0.1) is 5.10 Å². The summed E-state index contributed by atoms with van der Waals surface area (Å²) in [7, 11) is 0. The van der Waals surface area contributed by atoms with Crippen LogP contribution in [0, 0.1) is 5.92 Å². The van der Waals surface area contributed by atoms with Crippen LogP contribution in [0.3, 0.4) is 0 Å². The summed E-state index contributed by atoms with van der Waals surface area (Å²) in [4.78, 5) is 4.27. The highest BCUT2D eigenvalue weighted by molar-refractivity contribution is 5.83. The Labute approximate surface area is 135 Å². The van der Waals surface area contributed by atoms with E-state index >= 15 is 0 Å². The van der Waals surface area contributed by atoms with E-state index in [4.69, 9.17) is 0 Å². The number of fused-ring (bicyclic) bond motifs is 1. The lowest BCUT2D eigenvalue weighted by molar-refractivity contribution is -0.136. The van der Waals surface area contributed by atoms with Crippen molar-refractivity contribution < 1.29 is 18.3 Å². The van der Waals surface area contributed by atoms with Crippen LogP contribution in [-0.4, -0.2) is 25.5 Å². The minimum absolute atomic E-state index is 0.0139. The van der Waals surface area contributed by atoms with Crippen molar-refractivity contribution in [3.63, 3.8) is 0 Å². The highest BCUT2D eigenvalue weighted by Gasteiger charge is 2.40. The van der Waals surface area contributed by atoms with Gasteiger partial charge in [0, 0.05) is 11.6 Å². The molecule has 1 unspecified atom stereocenters. The molecular formula is C16H15F3N4O. The van der Waals surface area contributed by atoms with Crippen LogP contribution in [0.5, 0.6) is 0 Å². The van der Waals surface area contributed by atoms with E-state index in [2.05, 4.69) is 20.4 Å².